The molecule has 5 heteroatoms. The lowest BCUT2D eigenvalue weighted by Gasteiger charge is -2.56. The zero-order chi connectivity index (χ0) is 17.8. The first kappa shape index (κ1) is 16.5. The van der Waals surface area contributed by atoms with Crippen molar-refractivity contribution in [3.8, 4) is 0 Å². The molecule has 1 aliphatic heterocycles. The first-order chi connectivity index (χ1) is 11.9. The van der Waals surface area contributed by atoms with E-state index in [1.165, 1.54) is 4.90 Å². The van der Waals surface area contributed by atoms with Crippen LogP contribution in [0.3, 0.4) is 0 Å². The molecule has 1 aliphatic carbocycles. The Morgan fingerprint density at radius 3 is 2.00 bits per heavy atom. The maximum absolute atomic E-state index is 13.0. The smallest absolute Gasteiger partial charge is 0.262 e. The summed E-state index contributed by atoms with van der Waals surface area (Å²) < 4.78 is 0.929. The minimum absolute atomic E-state index is 0.276. The van der Waals surface area contributed by atoms with Crippen LogP contribution in [-0.4, -0.2) is 27.4 Å². The van der Waals surface area contributed by atoms with Crippen molar-refractivity contribution >= 4 is 27.7 Å². The van der Waals surface area contributed by atoms with E-state index >= 15 is 0 Å². The summed E-state index contributed by atoms with van der Waals surface area (Å²) in [5, 5.41) is 10.7. The van der Waals surface area contributed by atoms with Gasteiger partial charge in [-0.15, -0.1) is 0 Å². The minimum Gasteiger partial charge on any atom is -0.390 e. The van der Waals surface area contributed by atoms with Gasteiger partial charge in [-0.05, 0) is 36.2 Å². The fraction of sp³-hybridized carbons (Fsp3) is 0.300. The third-order valence-corrected chi connectivity index (χ3v) is 6.03. The number of fused-ring (bicyclic) bond motifs is 1. The molecule has 2 aromatic carbocycles. The Kier molecular flexibility index (Phi) is 3.63. The first-order valence-electron chi connectivity index (χ1n) is 8.37. The molecule has 0 bridgehead atoms. The molecule has 0 spiro atoms. The molecular weight excluding hydrogens is 382 g/mol. The Bertz CT molecular complexity index is 834. The monoisotopic (exact) mass is 399 g/mol. The minimum atomic E-state index is -0.845. The molecule has 2 aromatic rings. The van der Waals surface area contributed by atoms with Crippen LogP contribution in [0.2, 0.25) is 0 Å². The molecule has 0 aromatic heterocycles. The number of hydrogen-bond acceptors (Lipinski definition) is 3. The number of nitrogens with zero attached hydrogens (tertiary/aromatic N) is 1. The highest BCUT2D eigenvalue weighted by Crippen LogP contribution is 2.55. The maximum Gasteiger partial charge on any atom is 0.262 e. The number of imide groups is 1. The lowest BCUT2D eigenvalue weighted by molar-refractivity contribution is -0.132. The highest BCUT2D eigenvalue weighted by molar-refractivity contribution is 9.10. The molecule has 0 unspecified atom stereocenters. The van der Waals surface area contributed by atoms with Crippen LogP contribution in [0.5, 0.6) is 0 Å². The van der Waals surface area contributed by atoms with Gasteiger partial charge >= 0.3 is 0 Å². The quantitative estimate of drug-likeness (QED) is 0.796. The molecule has 128 valence electrons. The third-order valence-electron chi connectivity index (χ3n) is 5.50. The molecular formula is C20H18BrNO3. The summed E-state index contributed by atoms with van der Waals surface area (Å²) in [5.74, 6) is -0.552. The highest BCUT2D eigenvalue weighted by atomic mass is 79.9. The molecule has 0 saturated heterocycles. The highest BCUT2D eigenvalue weighted by Gasteiger charge is 2.61. The molecule has 0 atom stereocenters. The van der Waals surface area contributed by atoms with E-state index in [9.17, 15) is 14.7 Å². The van der Waals surface area contributed by atoms with Gasteiger partial charge in [0.05, 0.1) is 22.3 Å². The normalized spacial score (nSPS) is 28.0. The molecule has 1 N–H and O–H groups in total. The Hall–Kier alpha value is -1.98. The van der Waals surface area contributed by atoms with Crippen molar-refractivity contribution in [2.45, 2.75) is 37.3 Å². The number of hydrogen-bond donors (Lipinski definition) is 1. The van der Waals surface area contributed by atoms with Crippen LogP contribution < -0.4 is 0 Å². The van der Waals surface area contributed by atoms with Crippen LogP contribution in [0.4, 0.5) is 0 Å². The third kappa shape index (κ3) is 2.29. The van der Waals surface area contributed by atoms with Crippen molar-refractivity contribution in [2.75, 3.05) is 0 Å². The molecule has 2 aliphatic rings. The largest absolute Gasteiger partial charge is 0.390 e. The zero-order valence-electron chi connectivity index (χ0n) is 13.8. The van der Waals surface area contributed by atoms with Gasteiger partial charge in [0.25, 0.3) is 11.8 Å². The van der Waals surface area contributed by atoms with Crippen molar-refractivity contribution in [1.82, 2.24) is 4.90 Å². The van der Waals surface area contributed by atoms with Crippen molar-refractivity contribution < 1.29 is 14.7 Å². The number of halogens is 1. The van der Waals surface area contributed by atoms with Crippen molar-refractivity contribution in [3.63, 3.8) is 0 Å². The lowest BCUT2D eigenvalue weighted by Crippen LogP contribution is -2.64. The van der Waals surface area contributed by atoms with Crippen molar-refractivity contribution in [3.05, 3.63) is 69.7 Å². The van der Waals surface area contributed by atoms with Gasteiger partial charge in [-0.2, -0.15) is 0 Å². The standard InChI is InChI=1S/C20H18BrNO3/c1-2-19(25)11-20(12-19,13-7-9-14(21)10-8-13)22-17(23)15-5-3-4-6-16(15)18(22)24/h3-10,25H,2,11-12H2,1H3. The number of carbonyl (C=O) groups excluding carboxylic acids is 2. The summed E-state index contributed by atoms with van der Waals surface area (Å²) in [5.41, 5.74) is 0.122. The van der Waals surface area contributed by atoms with E-state index in [1.54, 1.807) is 24.3 Å². The van der Waals surface area contributed by atoms with Gasteiger partial charge in [-0.3, -0.25) is 14.5 Å². The van der Waals surface area contributed by atoms with Crippen LogP contribution in [0.25, 0.3) is 0 Å². The van der Waals surface area contributed by atoms with E-state index in [0.717, 1.165) is 10.0 Å². The SMILES string of the molecule is CCC1(O)CC(c2ccc(Br)cc2)(N2C(=O)c3ccccc3C2=O)C1. The van der Waals surface area contributed by atoms with Crippen molar-refractivity contribution in [1.29, 1.82) is 0 Å². The van der Waals surface area contributed by atoms with Crippen LogP contribution >= 0.6 is 15.9 Å². The van der Waals surface area contributed by atoms with Gasteiger partial charge in [0, 0.05) is 17.3 Å². The van der Waals surface area contributed by atoms with E-state index < -0.39 is 11.1 Å². The predicted octanol–water partition coefficient (Wildman–Crippen LogP) is 3.88. The average molecular weight is 400 g/mol. The van der Waals surface area contributed by atoms with E-state index in [4.69, 9.17) is 0 Å². The number of rotatable bonds is 3. The number of benzene rings is 2. The molecule has 25 heavy (non-hydrogen) atoms. The second-order valence-corrected chi connectivity index (χ2v) is 7.88. The second-order valence-electron chi connectivity index (χ2n) is 6.96. The van der Waals surface area contributed by atoms with E-state index in [0.29, 0.717) is 30.4 Å². The van der Waals surface area contributed by atoms with Crippen LogP contribution in [-0.2, 0) is 5.54 Å². The Morgan fingerprint density at radius 1 is 1.00 bits per heavy atom. The number of carbonyl (C=O) groups is 2. The van der Waals surface area contributed by atoms with E-state index in [2.05, 4.69) is 15.9 Å². The fourth-order valence-electron chi connectivity index (χ4n) is 4.12. The molecule has 1 saturated carbocycles. The van der Waals surface area contributed by atoms with Gasteiger partial charge in [0.2, 0.25) is 0 Å². The van der Waals surface area contributed by atoms with Crippen LogP contribution in [0.15, 0.2) is 53.0 Å². The Labute approximate surface area is 154 Å². The molecule has 0 radical (unpaired) electrons. The lowest BCUT2D eigenvalue weighted by atomic mass is 9.60. The van der Waals surface area contributed by atoms with Crippen LogP contribution in [0, 0.1) is 0 Å². The number of aliphatic hydroxyl groups is 1. The summed E-state index contributed by atoms with van der Waals surface area (Å²) >= 11 is 3.42. The summed E-state index contributed by atoms with van der Waals surface area (Å²) in [6, 6.07) is 14.6. The Morgan fingerprint density at radius 2 is 1.52 bits per heavy atom. The maximum atomic E-state index is 13.0. The van der Waals surface area contributed by atoms with E-state index in [-0.39, 0.29) is 11.8 Å². The Balaban J connectivity index is 1.82. The zero-order valence-corrected chi connectivity index (χ0v) is 15.4. The molecule has 4 nitrogen and oxygen atoms in total. The molecule has 1 fully saturated rings. The molecule has 2 amide bonds. The molecule has 4 rings (SSSR count). The number of amides is 2. The summed E-state index contributed by atoms with van der Waals surface area (Å²) in [7, 11) is 0. The summed E-state index contributed by atoms with van der Waals surface area (Å²) in [6.07, 6.45) is 1.32. The summed E-state index contributed by atoms with van der Waals surface area (Å²) in [6.45, 7) is 1.92. The fourth-order valence-corrected chi connectivity index (χ4v) is 4.38. The topological polar surface area (TPSA) is 57.6 Å². The van der Waals surface area contributed by atoms with Gasteiger partial charge < -0.3 is 5.11 Å². The van der Waals surface area contributed by atoms with Crippen molar-refractivity contribution in [2.24, 2.45) is 0 Å². The predicted molar refractivity (Wildman–Crippen MR) is 97.2 cm³/mol. The second kappa shape index (κ2) is 5.51. The van der Waals surface area contributed by atoms with E-state index in [1.807, 2.05) is 31.2 Å². The van der Waals surface area contributed by atoms with Gasteiger partial charge in [-0.1, -0.05) is 47.1 Å². The first-order valence-corrected chi connectivity index (χ1v) is 9.16. The molecule has 1 heterocycles. The summed E-state index contributed by atoms with van der Waals surface area (Å²) in [4.78, 5) is 27.4. The average Bonchev–Trinajstić information content (AvgIpc) is 2.85. The van der Waals surface area contributed by atoms with Gasteiger partial charge in [0.1, 0.15) is 0 Å². The van der Waals surface area contributed by atoms with Gasteiger partial charge in [-0.25, -0.2) is 0 Å². The van der Waals surface area contributed by atoms with Crippen LogP contribution in [0.1, 0.15) is 52.5 Å². The van der Waals surface area contributed by atoms with Gasteiger partial charge in [0.15, 0.2) is 0 Å².